The zero-order valence-electron chi connectivity index (χ0n) is 14.1. The van der Waals surface area contributed by atoms with E-state index in [9.17, 15) is 4.79 Å². The number of urea groups is 1. The van der Waals surface area contributed by atoms with Gasteiger partial charge in [-0.25, -0.2) is 4.79 Å². The van der Waals surface area contributed by atoms with E-state index in [4.69, 9.17) is 14.2 Å². The third kappa shape index (κ3) is 4.87. The Morgan fingerprint density at radius 3 is 2.67 bits per heavy atom. The zero-order valence-corrected chi connectivity index (χ0v) is 14.9. The predicted molar refractivity (Wildman–Crippen MR) is 95.2 cm³/mol. The van der Waals surface area contributed by atoms with Crippen molar-refractivity contribution in [1.82, 2.24) is 4.90 Å². The minimum Gasteiger partial charge on any atom is -0.497 e. The van der Waals surface area contributed by atoms with Gasteiger partial charge in [0.2, 0.25) is 0 Å². The number of amides is 2. The lowest BCUT2D eigenvalue weighted by Gasteiger charge is -2.23. The van der Waals surface area contributed by atoms with Gasteiger partial charge in [-0.2, -0.15) is 11.3 Å². The van der Waals surface area contributed by atoms with E-state index in [2.05, 4.69) is 5.32 Å². The van der Waals surface area contributed by atoms with Crippen molar-refractivity contribution in [3.05, 3.63) is 40.6 Å². The number of benzene rings is 1. The number of nitrogens with one attached hydrogen (secondary N) is 1. The molecule has 0 fully saturated rings. The lowest BCUT2D eigenvalue weighted by Crippen LogP contribution is -2.36. The number of thiophene rings is 1. The van der Waals surface area contributed by atoms with Crippen molar-refractivity contribution in [1.29, 1.82) is 0 Å². The summed E-state index contributed by atoms with van der Waals surface area (Å²) >= 11 is 1.61. The first kappa shape index (κ1) is 18.1. The second kappa shape index (κ2) is 9.14. The highest BCUT2D eigenvalue weighted by atomic mass is 32.1. The van der Waals surface area contributed by atoms with Gasteiger partial charge < -0.3 is 24.4 Å². The molecule has 0 saturated carbocycles. The van der Waals surface area contributed by atoms with Crippen molar-refractivity contribution in [3.8, 4) is 11.5 Å². The highest BCUT2D eigenvalue weighted by Crippen LogP contribution is 2.29. The Morgan fingerprint density at radius 1 is 1.21 bits per heavy atom. The quantitative estimate of drug-likeness (QED) is 0.792. The van der Waals surface area contributed by atoms with Gasteiger partial charge in [0, 0.05) is 26.3 Å². The van der Waals surface area contributed by atoms with Gasteiger partial charge in [-0.15, -0.1) is 0 Å². The average molecular weight is 350 g/mol. The van der Waals surface area contributed by atoms with Crippen LogP contribution in [0, 0.1) is 0 Å². The van der Waals surface area contributed by atoms with E-state index in [0.717, 1.165) is 5.56 Å². The molecule has 1 N–H and O–H groups in total. The number of methoxy groups -OCH3 is 3. The molecule has 0 atom stereocenters. The van der Waals surface area contributed by atoms with E-state index in [0.29, 0.717) is 36.9 Å². The summed E-state index contributed by atoms with van der Waals surface area (Å²) in [7, 11) is 4.76. The van der Waals surface area contributed by atoms with Gasteiger partial charge in [0.1, 0.15) is 11.5 Å². The lowest BCUT2D eigenvalue weighted by atomic mass is 10.2. The van der Waals surface area contributed by atoms with Crippen molar-refractivity contribution < 1.29 is 19.0 Å². The van der Waals surface area contributed by atoms with Gasteiger partial charge >= 0.3 is 6.03 Å². The van der Waals surface area contributed by atoms with Gasteiger partial charge in [0.25, 0.3) is 0 Å². The van der Waals surface area contributed by atoms with Crippen molar-refractivity contribution in [2.45, 2.75) is 6.54 Å². The maximum Gasteiger partial charge on any atom is 0.322 e. The molecule has 1 aromatic carbocycles. The van der Waals surface area contributed by atoms with Gasteiger partial charge in [-0.1, -0.05) is 0 Å². The molecule has 1 heterocycles. The third-order valence-electron chi connectivity index (χ3n) is 3.46. The molecule has 2 rings (SSSR count). The smallest absolute Gasteiger partial charge is 0.322 e. The van der Waals surface area contributed by atoms with Crippen molar-refractivity contribution in [2.24, 2.45) is 0 Å². The largest absolute Gasteiger partial charge is 0.497 e. The number of anilines is 1. The number of nitrogens with zero attached hydrogens (tertiary/aromatic N) is 1. The molecule has 0 spiro atoms. The van der Waals surface area contributed by atoms with Crippen LogP contribution in [0.3, 0.4) is 0 Å². The Morgan fingerprint density at radius 2 is 2.04 bits per heavy atom. The lowest BCUT2D eigenvalue weighted by molar-refractivity contribution is 0.153. The first-order valence-corrected chi connectivity index (χ1v) is 8.40. The molecular weight excluding hydrogens is 328 g/mol. The molecule has 0 aliphatic rings. The van der Waals surface area contributed by atoms with Gasteiger partial charge in [-0.3, -0.25) is 0 Å². The van der Waals surface area contributed by atoms with Crippen molar-refractivity contribution in [3.63, 3.8) is 0 Å². The summed E-state index contributed by atoms with van der Waals surface area (Å²) < 4.78 is 15.6. The van der Waals surface area contributed by atoms with Gasteiger partial charge in [0.05, 0.1) is 26.5 Å². The Bertz CT molecular complexity index is 646. The second-order valence-electron chi connectivity index (χ2n) is 5.04. The fourth-order valence-electron chi connectivity index (χ4n) is 2.15. The maximum absolute atomic E-state index is 12.6. The molecule has 2 amide bonds. The molecule has 0 aliphatic carbocycles. The second-order valence-corrected chi connectivity index (χ2v) is 5.82. The average Bonchev–Trinajstić information content (AvgIpc) is 3.11. The maximum atomic E-state index is 12.6. The van der Waals surface area contributed by atoms with Crippen LogP contribution in [0.5, 0.6) is 11.5 Å². The SMILES string of the molecule is COCCN(Cc1ccsc1)C(=O)Nc1ccc(OC)cc1OC. The molecule has 130 valence electrons. The molecule has 1 aromatic heterocycles. The Labute approximate surface area is 145 Å². The Balaban J connectivity index is 2.11. The summed E-state index contributed by atoms with van der Waals surface area (Å²) in [5.41, 5.74) is 1.68. The fraction of sp³-hybridized carbons (Fsp3) is 0.353. The number of hydrogen-bond donors (Lipinski definition) is 1. The van der Waals surface area contributed by atoms with E-state index >= 15 is 0 Å². The van der Waals surface area contributed by atoms with Crippen LogP contribution in [0.1, 0.15) is 5.56 Å². The summed E-state index contributed by atoms with van der Waals surface area (Å²) in [5, 5.41) is 6.91. The molecule has 2 aromatic rings. The van der Waals surface area contributed by atoms with Crippen LogP contribution in [-0.2, 0) is 11.3 Å². The molecule has 0 bridgehead atoms. The van der Waals surface area contributed by atoms with Crippen LogP contribution < -0.4 is 14.8 Å². The van der Waals surface area contributed by atoms with Gasteiger partial charge in [0.15, 0.2) is 0 Å². The van der Waals surface area contributed by atoms with Crippen LogP contribution in [0.25, 0.3) is 0 Å². The number of rotatable bonds is 8. The van der Waals surface area contributed by atoms with Crippen LogP contribution in [0.15, 0.2) is 35.0 Å². The number of hydrogen-bond acceptors (Lipinski definition) is 5. The molecule has 0 saturated heterocycles. The van der Waals surface area contributed by atoms with Crippen LogP contribution in [0.4, 0.5) is 10.5 Å². The molecule has 7 heteroatoms. The predicted octanol–water partition coefficient (Wildman–Crippen LogP) is 3.45. The number of carbonyl (C=O) groups is 1. The molecular formula is C17H22N2O4S. The zero-order chi connectivity index (χ0) is 17.4. The standard InChI is InChI=1S/C17H22N2O4S/c1-21-8-7-19(11-13-6-9-24-12-13)17(20)18-15-5-4-14(22-2)10-16(15)23-3/h4-6,9-10,12H,7-8,11H2,1-3H3,(H,18,20). The number of carbonyl (C=O) groups excluding carboxylic acids is 1. The van der Waals surface area contributed by atoms with E-state index in [1.807, 2.05) is 16.8 Å². The van der Waals surface area contributed by atoms with Gasteiger partial charge in [-0.05, 0) is 34.5 Å². The highest BCUT2D eigenvalue weighted by molar-refractivity contribution is 7.07. The molecule has 0 unspecified atom stereocenters. The minimum absolute atomic E-state index is 0.207. The minimum atomic E-state index is -0.207. The Hall–Kier alpha value is -2.25. The summed E-state index contributed by atoms with van der Waals surface area (Å²) in [5.74, 6) is 1.21. The first-order valence-electron chi connectivity index (χ1n) is 7.46. The molecule has 0 radical (unpaired) electrons. The topological polar surface area (TPSA) is 60.0 Å². The monoisotopic (exact) mass is 350 g/mol. The van der Waals surface area contributed by atoms with Crippen LogP contribution in [0.2, 0.25) is 0 Å². The molecule has 0 aliphatic heterocycles. The third-order valence-corrected chi connectivity index (χ3v) is 4.19. The fourth-order valence-corrected chi connectivity index (χ4v) is 2.81. The summed E-state index contributed by atoms with van der Waals surface area (Å²) in [4.78, 5) is 14.3. The molecule has 6 nitrogen and oxygen atoms in total. The van der Waals surface area contributed by atoms with Crippen LogP contribution in [-0.4, -0.2) is 45.4 Å². The summed E-state index contributed by atoms with van der Waals surface area (Å²) in [6, 6.07) is 7.06. The van der Waals surface area contributed by atoms with E-state index in [1.54, 1.807) is 55.8 Å². The van der Waals surface area contributed by atoms with E-state index < -0.39 is 0 Å². The highest BCUT2D eigenvalue weighted by Gasteiger charge is 2.16. The Kier molecular flexibility index (Phi) is 6.89. The normalized spacial score (nSPS) is 10.3. The first-order chi connectivity index (χ1) is 11.7. The number of ether oxygens (including phenoxy) is 3. The van der Waals surface area contributed by atoms with Crippen LogP contribution >= 0.6 is 11.3 Å². The molecule has 24 heavy (non-hydrogen) atoms. The summed E-state index contributed by atoms with van der Waals surface area (Å²) in [6.45, 7) is 1.49. The van der Waals surface area contributed by atoms with Crippen molar-refractivity contribution >= 4 is 23.1 Å². The van der Waals surface area contributed by atoms with E-state index in [-0.39, 0.29) is 6.03 Å². The van der Waals surface area contributed by atoms with Crippen molar-refractivity contribution in [2.75, 3.05) is 39.8 Å². The van der Waals surface area contributed by atoms with E-state index in [1.165, 1.54) is 0 Å². The summed E-state index contributed by atoms with van der Waals surface area (Å²) in [6.07, 6.45) is 0.